The van der Waals surface area contributed by atoms with Crippen LogP contribution in [0.15, 0.2) is 48.5 Å². The summed E-state index contributed by atoms with van der Waals surface area (Å²) in [6.45, 7) is 2.02. The lowest BCUT2D eigenvalue weighted by Crippen LogP contribution is -2.36. The van der Waals surface area contributed by atoms with Crippen molar-refractivity contribution in [1.29, 1.82) is 0 Å². The Bertz CT molecular complexity index is 847. The van der Waals surface area contributed by atoms with Crippen molar-refractivity contribution in [3.63, 3.8) is 0 Å². The van der Waals surface area contributed by atoms with Crippen LogP contribution in [-0.4, -0.2) is 31.4 Å². The Morgan fingerprint density at radius 1 is 1.12 bits per heavy atom. The van der Waals surface area contributed by atoms with Crippen LogP contribution in [0.4, 0.5) is 11.4 Å². The fraction of sp³-hybridized carbons (Fsp3) is 0.211. The van der Waals surface area contributed by atoms with Gasteiger partial charge in [0.1, 0.15) is 0 Å². The van der Waals surface area contributed by atoms with Gasteiger partial charge in [-0.15, -0.1) is 0 Å². The summed E-state index contributed by atoms with van der Waals surface area (Å²) in [5, 5.41) is 2.84. The number of para-hydroxylation sites is 2. The fourth-order valence-corrected chi connectivity index (χ4v) is 2.77. The molecule has 1 atom stereocenters. The Labute approximate surface area is 145 Å². The van der Waals surface area contributed by atoms with Crippen molar-refractivity contribution in [2.75, 3.05) is 23.9 Å². The molecule has 1 N–H and O–H groups in total. The summed E-state index contributed by atoms with van der Waals surface area (Å²) in [5.41, 5.74) is 1.89. The predicted octanol–water partition coefficient (Wildman–Crippen LogP) is 2.71. The third-order valence-corrected chi connectivity index (χ3v) is 4.13. The van der Waals surface area contributed by atoms with E-state index in [-0.39, 0.29) is 24.3 Å². The standard InChI is InChI=1S/C19H18N2O4/c1-12-11-21(16-9-4-3-8-15(16)20-17(12)22)18(23)13-6-5-7-14(10-13)19(24)25-2/h3-10,12H,11H2,1-2H3,(H,20,22)/t12-/m1/s1. The molecule has 6 nitrogen and oxygen atoms in total. The second-order valence-electron chi connectivity index (χ2n) is 5.90. The number of fused-ring (bicyclic) bond motifs is 1. The van der Waals surface area contributed by atoms with Crippen LogP contribution >= 0.6 is 0 Å². The lowest BCUT2D eigenvalue weighted by Gasteiger charge is -2.23. The molecular formula is C19H18N2O4. The van der Waals surface area contributed by atoms with Crippen LogP contribution in [0.1, 0.15) is 27.6 Å². The van der Waals surface area contributed by atoms with Crippen LogP contribution in [0.25, 0.3) is 0 Å². The van der Waals surface area contributed by atoms with Gasteiger partial charge in [0.15, 0.2) is 0 Å². The summed E-state index contributed by atoms with van der Waals surface area (Å²) in [5.74, 6) is -1.27. The molecule has 3 rings (SSSR count). The average molecular weight is 338 g/mol. The van der Waals surface area contributed by atoms with E-state index >= 15 is 0 Å². The first-order valence-electron chi connectivity index (χ1n) is 7.91. The number of esters is 1. The number of nitrogens with one attached hydrogen (secondary N) is 1. The molecule has 0 aliphatic carbocycles. The van der Waals surface area contributed by atoms with Gasteiger partial charge >= 0.3 is 5.97 Å². The Kier molecular flexibility index (Phi) is 4.52. The molecule has 2 aromatic rings. The Hall–Kier alpha value is -3.15. The minimum absolute atomic E-state index is 0.133. The zero-order valence-electron chi connectivity index (χ0n) is 14.0. The number of methoxy groups -OCH3 is 1. The summed E-state index contributed by atoms with van der Waals surface area (Å²) >= 11 is 0. The molecule has 1 aliphatic heterocycles. The topological polar surface area (TPSA) is 75.7 Å². The normalized spacial score (nSPS) is 16.5. The van der Waals surface area contributed by atoms with Gasteiger partial charge in [-0.1, -0.05) is 25.1 Å². The molecule has 2 amide bonds. The molecule has 0 radical (unpaired) electrons. The van der Waals surface area contributed by atoms with Crippen molar-refractivity contribution in [3.05, 3.63) is 59.7 Å². The highest BCUT2D eigenvalue weighted by Gasteiger charge is 2.29. The smallest absolute Gasteiger partial charge is 0.337 e. The number of amides is 2. The Morgan fingerprint density at radius 3 is 2.60 bits per heavy atom. The van der Waals surface area contributed by atoms with Gasteiger partial charge in [-0.05, 0) is 30.3 Å². The fourth-order valence-electron chi connectivity index (χ4n) is 2.77. The maximum absolute atomic E-state index is 13.1. The summed E-state index contributed by atoms with van der Waals surface area (Å²) in [6, 6.07) is 13.5. The molecule has 0 bridgehead atoms. The van der Waals surface area contributed by atoms with E-state index in [1.54, 1.807) is 48.2 Å². The maximum Gasteiger partial charge on any atom is 0.337 e. The van der Waals surface area contributed by atoms with E-state index in [4.69, 9.17) is 4.74 Å². The molecular weight excluding hydrogens is 320 g/mol. The van der Waals surface area contributed by atoms with Gasteiger partial charge in [-0.2, -0.15) is 0 Å². The van der Waals surface area contributed by atoms with Gasteiger partial charge in [0.25, 0.3) is 5.91 Å². The highest BCUT2D eigenvalue weighted by Crippen LogP contribution is 2.31. The number of hydrogen-bond acceptors (Lipinski definition) is 4. The Morgan fingerprint density at radius 2 is 1.84 bits per heavy atom. The van der Waals surface area contributed by atoms with Crippen LogP contribution in [0, 0.1) is 5.92 Å². The molecule has 1 heterocycles. The largest absolute Gasteiger partial charge is 0.465 e. The summed E-state index contributed by atoms with van der Waals surface area (Å²) < 4.78 is 4.71. The molecule has 1 aliphatic rings. The molecule has 6 heteroatoms. The van der Waals surface area contributed by atoms with Crippen molar-refractivity contribution in [1.82, 2.24) is 0 Å². The molecule has 2 aromatic carbocycles. The van der Waals surface area contributed by atoms with Gasteiger partial charge in [0.05, 0.1) is 30.0 Å². The van der Waals surface area contributed by atoms with Crippen molar-refractivity contribution in [3.8, 4) is 0 Å². The third-order valence-electron chi connectivity index (χ3n) is 4.13. The highest BCUT2D eigenvalue weighted by atomic mass is 16.5. The number of nitrogens with zero attached hydrogens (tertiary/aromatic N) is 1. The number of rotatable bonds is 2. The molecule has 25 heavy (non-hydrogen) atoms. The quantitative estimate of drug-likeness (QED) is 0.854. The van der Waals surface area contributed by atoms with Crippen LogP contribution in [0.3, 0.4) is 0 Å². The van der Waals surface area contributed by atoms with Gasteiger partial charge in [0.2, 0.25) is 5.91 Å². The SMILES string of the molecule is COC(=O)c1cccc(C(=O)N2C[C@@H](C)C(=O)Nc3ccccc32)c1. The lowest BCUT2D eigenvalue weighted by atomic mass is 10.1. The van der Waals surface area contributed by atoms with Gasteiger partial charge in [-0.3, -0.25) is 9.59 Å². The molecule has 0 unspecified atom stereocenters. The number of ether oxygens (including phenoxy) is 1. The minimum Gasteiger partial charge on any atom is -0.465 e. The van der Waals surface area contributed by atoms with E-state index in [1.807, 2.05) is 6.07 Å². The monoisotopic (exact) mass is 338 g/mol. The highest BCUT2D eigenvalue weighted by molar-refractivity contribution is 6.11. The average Bonchev–Trinajstić information content (AvgIpc) is 2.77. The van der Waals surface area contributed by atoms with Crippen molar-refractivity contribution < 1.29 is 19.1 Å². The van der Waals surface area contributed by atoms with Crippen LogP contribution in [-0.2, 0) is 9.53 Å². The number of carbonyl (C=O) groups excluding carboxylic acids is 3. The van der Waals surface area contributed by atoms with Crippen molar-refractivity contribution in [2.45, 2.75) is 6.92 Å². The number of anilines is 2. The van der Waals surface area contributed by atoms with Crippen LogP contribution < -0.4 is 10.2 Å². The van der Waals surface area contributed by atoms with E-state index < -0.39 is 5.97 Å². The van der Waals surface area contributed by atoms with Gasteiger partial charge < -0.3 is 15.0 Å². The number of carbonyl (C=O) groups is 3. The van der Waals surface area contributed by atoms with E-state index in [1.165, 1.54) is 13.2 Å². The maximum atomic E-state index is 13.1. The second kappa shape index (κ2) is 6.76. The summed E-state index contributed by atoms with van der Waals surface area (Å²) in [7, 11) is 1.29. The third kappa shape index (κ3) is 3.24. The summed E-state index contributed by atoms with van der Waals surface area (Å²) in [4.78, 5) is 38.5. The first kappa shape index (κ1) is 16.7. The van der Waals surface area contributed by atoms with Crippen LogP contribution in [0.5, 0.6) is 0 Å². The van der Waals surface area contributed by atoms with Crippen LogP contribution in [0.2, 0.25) is 0 Å². The predicted molar refractivity (Wildman–Crippen MR) is 93.7 cm³/mol. The zero-order valence-corrected chi connectivity index (χ0v) is 14.0. The number of benzene rings is 2. The molecule has 0 spiro atoms. The lowest BCUT2D eigenvalue weighted by molar-refractivity contribution is -0.119. The van der Waals surface area contributed by atoms with Gasteiger partial charge in [0, 0.05) is 12.1 Å². The molecule has 0 aromatic heterocycles. The van der Waals surface area contributed by atoms with E-state index in [0.29, 0.717) is 22.5 Å². The van der Waals surface area contributed by atoms with Gasteiger partial charge in [-0.25, -0.2) is 4.79 Å². The molecule has 0 saturated carbocycles. The molecule has 0 saturated heterocycles. The van der Waals surface area contributed by atoms with Crippen molar-refractivity contribution in [2.24, 2.45) is 5.92 Å². The zero-order chi connectivity index (χ0) is 18.0. The number of hydrogen-bond donors (Lipinski definition) is 1. The summed E-state index contributed by atoms with van der Waals surface area (Å²) in [6.07, 6.45) is 0. The Balaban J connectivity index is 2.01. The van der Waals surface area contributed by atoms with E-state index in [9.17, 15) is 14.4 Å². The first-order chi connectivity index (χ1) is 12.0. The van der Waals surface area contributed by atoms with E-state index in [2.05, 4.69) is 5.32 Å². The molecule has 128 valence electrons. The minimum atomic E-state index is -0.504. The molecule has 0 fully saturated rings. The first-order valence-corrected chi connectivity index (χ1v) is 7.91. The van der Waals surface area contributed by atoms with Crippen molar-refractivity contribution >= 4 is 29.2 Å². The van der Waals surface area contributed by atoms with E-state index in [0.717, 1.165) is 0 Å². The second-order valence-corrected chi connectivity index (χ2v) is 5.90.